The lowest BCUT2D eigenvalue weighted by atomic mass is 10.1. The summed E-state index contributed by atoms with van der Waals surface area (Å²) in [5, 5.41) is 1.01. The Morgan fingerprint density at radius 3 is 2.62 bits per heavy atom. The highest BCUT2D eigenvalue weighted by atomic mass is 16.6. The Balaban J connectivity index is 1.89. The smallest absolute Gasteiger partial charge is 0.347 e. The van der Waals surface area contributed by atoms with E-state index in [2.05, 4.69) is 25.0 Å². The van der Waals surface area contributed by atoms with Gasteiger partial charge in [0.25, 0.3) is 0 Å². The van der Waals surface area contributed by atoms with Gasteiger partial charge in [0, 0.05) is 23.1 Å². The van der Waals surface area contributed by atoms with Crippen LogP contribution in [0.25, 0.3) is 10.9 Å². The Labute approximate surface area is 188 Å². The number of carbonyl (C=O) groups excluding carboxylic acids is 2. The average Bonchev–Trinajstić information content (AvgIpc) is 3.05. The first-order chi connectivity index (χ1) is 15.4. The van der Waals surface area contributed by atoms with E-state index in [-0.39, 0.29) is 18.5 Å². The highest BCUT2D eigenvalue weighted by molar-refractivity contribution is 5.96. The minimum Gasteiger partial charge on any atom is -0.479 e. The number of esters is 2. The van der Waals surface area contributed by atoms with Gasteiger partial charge in [0.2, 0.25) is 0 Å². The Kier molecular flexibility index (Phi) is 7.36. The van der Waals surface area contributed by atoms with Crippen LogP contribution in [-0.2, 0) is 20.8 Å². The summed E-state index contributed by atoms with van der Waals surface area (Å²) in [5.41, 5.74) is 4.82. The molecule has 168 valence electrons. The van der Waals surface area contributed by atoms with Crippen molar-refractivity contribution in [2.45, 2.75) is 39.8 Å². The fourth-order valence-electron chi connectivity index (χ4n) is 3.69. The molecule has 0 aliphatic carbocycles. The monoisotopic (exact) mass is 435 g/mol. The predicted octanol–water partition coefficient (Wildman–Crippen LogP) is 4.98. The molecule has 1 atom stereocenters. The molecular weight excluding hydrogens is 406 g/mol. The summed E-state index contributed by atoms with van der Waals surface area (Å²) in [7, 11) is 1.36. The molecule has 0 N–H and O–H groups in total. The predicted molar refractivity (Wildman–Crippen MR) is 124 cm³/mol. The molecule has 0 aliphatic heterocycles. The molecule has 0 saturated heterocycles. The van der Waals surface area contributed by atoms with Gasteiger partial charge in [-0.1, -0.05) is 31.7 Å². The quantitative estimate of drug-likeness (QED) is 0.350. The molecule has 3 aromatic rings. The largest absolute Gasteiger partial charge is 0.479 e. The maximum absolute atomic E-state index is 12.2. The van der Waals surface area contributed by atoms with E-state index in [1.807, 2.05) is 43.3 Å². The third kappa shape index (κ3) is 4.85. The minimum absolute atomic E-state index is 0.184. The molecule has 0 aliphatic rings. The molecule has 0 bridgehead atoms. The van der Waals surface area contributed by atoms with E-state index in [0.717, 1.165) is 27.7 Å². The van der Waals surface area contributed by atoms with Crippen molar-refractivity contribution in [3.8, 4) is 5.75 Å². The summed E-state index contributed by atoms with van der Waals surface area (Å²) in [4.78, 5) is 24.1. The van der Waals surface area contributed by atoms with Crippen LogP contribution in [0.15, 0.2) is 55.1 Å². The minimum atomic E-state index is -0.633. The summed E-state index contributed by atoms with van der Waals surface area (Å²) >= 11 is 0. The summed E-state index contributed by atoms with van der Waals surface area (Å²) < 4.78 is 18.0. The van der Waals surface area contributed by atoms with Crippen molar-refractivity contribution >= 4 is 22.8 Å². The molecular formula is C26H29NO5. The van der Waals surface area contributed by atoms with Crippen molar-refractivity contribution in [1.29, 1.82) is 0 Å². The second kappa shape index (κ2) is 10.2. The molecule has 2 aromatic carbocycles. The summed E-state index contributed by atoms with van der Waals surface area (Å²) in [6, 6.07) is 13.3. The molecule has 0 unspecified atom stereocenters. The Hall–Kier alpha value is -3.54. The third-order valence-electron chi connectivity index (χ3n) is 5.56. The fourth-order valence-corrected chi connectivity index (χ4v) is 3.69. The van der Waals surface area contributed by atoms with Crippen LogP contribution >= 0.6 is 0 Å². The zero-order chi connectivity index (χ0) is 23.3. The zero-order valence-electron chi connectivity index (χ0n) is 19.0. The van der Waals surface area contributed by atoms with Crippen LogP contribution in [-0.4, -0.2) is 36.3 Å². The van der Waals surface area contributed by atoms with Gasteiger partial charge in [0.15, 0.2) is 6.10 Å². The molecule has 0 spiro atoms. The Bertz CT molecular complexity index is 1140. The highest BCUT2D eigenvalue weighted by Gasteiger charge is 2.19. The van der Waals surface area contributed by atoms with E-state index >= 15 is 0 Å². The number of fused-ring (bicyclic) bond motifs is 1. The lowest BCUT2D eigenvalue weighted by Crippen LogP contribution is -2.27. The topological polar surface area (TPSA) is 66.8 Å². The van der Waals surface area contributed by atoms with Crippen LogP contribution in [0.4, 0.5) is 0 Å². The number of methoxy groups -OCH3 is 1. The lowest BCUT2D eigenvalue weighted by Gasteiger charge is -2.16. The molecule has 0 amide bonds. The summed E-state index contributed by atoms with van der Waals surface area (Å²) in [5.74, 6) is -0.126. The van der Waals surface area contributed by atoms with Gasteiger partial charge in [-0.3, -0.25) is 0 Å². The highest BCUT2D eigenvalue weighted by Crippen LogP contribution is 2.28. The van der Waals surface area contributed by atoms with Gasteiger partial charge < -0.3 is 18.8 Å². The summed E-state index contributed by atoms with van der Waals surface area (Å²) in [6.45, 7) is 10.4. The molecule has 6 nitrogen and oxygen atoms in total. The maximum Gasteiger partial charge on any atom is 0.347 e. The molecule has 0 radical (unpaired) electrons. The molecule has 6 heteroatoms. The molecule has 0 fully saturated rings. The normalized spacial score (nSPS) is 11.8. The molecule has 32 heavy (non-hydrogen) atoms. The number of benzene rings is 2. The zero-order valence-corrected chi connectivity index (χ0v) is 19.0. The average molecular weight is 436 g/mol. The summed E-state index contributed by atoms with van der Waals surface area (Å²) in [6.07, 6.45) is 1.44. The van der Waals surface area contributed by atoms with Crippen molar-refractivity contribution < 1.29 is 23.8 Å². The van der Waals surface area contributed by atoms with Crippen LogP contribution in [0, 0.1) is 13.8 Å². The van der Waals surface area contributed by atoms with Crippen LogP contribution < -0.4 is 4.74 Å². The molecule has 3 rings (SSSR count). The fraction of sp³-hybridized carbons (Fsp3) is 0.308. The number of ether oxygens (including phenoxy) is 3. The van der Waals surface area contributed by atoms with Crippen LogP contribution in [0.2, 0.25) is 0 Å². The molecule has 0 saturated carbocycles. The standard InChI is InChI=1S/C26H29NO5/c1-6-13-31-25(28)20-11-12-23-22(15-20)17(3)18(4)27(23)16-19-9-8-10-21(14-19)32-24(7-2)26(29)30-5/h6,8-12,14-15,24H,1,7,13,16H2,2-5H3/t24-/m1/s1. The first-order valence-corrected chi connectivity index (χ1v) is 10.6. The van der Waals surface area contributed by atoms with Crippen LogP contribution in [0.1, 0.15) is 40.5 Å². The SMILES string of the molecule is C=CCOC(=O)c1ccc2c(c1)c(C)c(C)n2Cc1cccc(O[C@H](CC)C(=O)OC)c1. The maximum atomic E-state index is 12.2. The van der Waals surface area contributed by atoms with E-state index in [4.69, 9.17) is 14.2 Å². The number of aromatic nitrogens is 1. The number of hydrogen-bond acceptors (Lipinski definition) is 5. The van der Waals surface area contributed by atoms with Gasteiger partial charge in [0.05, 0.1) is 12.7 Å². The number of rotatable bonds is 9. The van der Waals surface area contributed by atoms with Crippen molar-refractivity contribution in [2.75, 3.05) is 13.7 Å². The first-order valence-electron chi connectivity index (χ1n) is 10.6. The number of carbonyl (C=O) groups is 2. The van der Waals surface area contributed by atoms with Crippen LogP contribution in [0.3, 0.4) is 0 Å². The van der Waals surface area contributed by atoms with Gasteiger partial charge >= 0.3 is 11.9 Å². The van der Waals surface area contributed by atoms with Crippen molar-refractivity contribution in [3.05, 3.63) is 77.5 Å². The van der Waals surface area contributed by atoms with E-state index < -0.39 is 6.10 Å². The first kappa shape index (κ1) is 23.1. The molecule has 1 aromatic heterocycles. The molecule has 1 heterocycles. The second-order valence-electron chi connectivity index (χ2n) is 7.60. The van der Waals surface area contributed by atoms with Gasteiger partial charge in [-0.2, -0.15) is 0 Å². The lowest BCUT2D eigenvalue weighted by molar-refractivity contribution is -0.148. The van der Waals surface area contributed by atoms with Crippen molar-refractivity contribution in [2.24, 2.45) is 0 Å². The van der Waals surface area contributed by atoms with Crippen molar-refractivity contribution in [3.63, 3.8) is 0 Å². The van der Waals surface area contributed by atoms with Gasteiger partial charge in [-0.15, -0.1) is 0 Å². The Morgan fingerprint density at radius 1 is 1.16 bits per heavy atom. The Morgan fingerprint density at radius 2 is 1.94 bits per heavy atom. The van der Waals surface area contributed by atoms with E-state index in [0.29, 0.717) is 24.3 Å². The third-order valence-corrected chi connectivity index (χ3v) is 5.56. The van der Waals surface area contributed by atoms with Gasteiger partial charge in [-0.25, -0.2) is 9.59 Å². The number of nitrogens with zero attached hydrogens (tertiary/aromatic N) is 1. The van der Waals surface area contributed by atoms with E-state index in [1.165, 1.54) is 7.11 Å². The number of hydrogen-bond donors (Lipinski definition) is 0. The van der Waals surface area contributed by atoms with E-state index in [1.54, 1.807) is 12.1 Å². The number of aryl methyl sites for hydroxylation is 1. The van der Waals surface area contributed by atoms with Crippen molar-refractivity contribution in [1.82, 2.24) is 4.57 Å². The van der Waals surface area contributed by atoms with Gasteiger partial charge in [-0.05, 0) is 61.7 Å². The van der Waals surface area contributed by atoms with E-state index in [9.17, 15) is 9.59 Å². The van der Waals surface area contributed by atoms with Gasteiger partial charge in [0.1, 0.15) is 12.4 Å². The second-order valence-corrected chi connectivity index (χ2v) is 7.60. The van der Waals surface area contributed by atoms with Crippen LogP contribution in [0.5, 0.6) is 5.75 Å².